The SMILES string of the molecule is COCCN1Cc2cccc(C(=O)N3CCOCCOc4ccc(-c5c(C)noc5C)cc4Cc4cccc(c4)C3)c2C1=O. The Morgan fingerprint density at radius 2 is 1.77 bits per heavy atom. The van der Waals surface area contributed by atoms with Crippen molar-refractivity contribution in [3.63, 3.8) is 0 Å². The highest BCUT2D eigenvalue weighted by Crippen LogP contribution is 2.33. The third kappa shape index (κ3) is 6.11. The van der Waals surface area contributed by atoms with Gasteiger partial charge in [-0.3, -0.25) is 9.59 Å². The van der Waals surface area contributed by atoms with E-state index in [1.165, 1.54) is 0 Å². The second-order valence-corrected chi connectivity index (χ2v) is 11.3. The first-order chi connectivity index (χ1) is 21.4. The number of aryl methyl sites for hydroxylation is 2. The van der Waals surface area contributed by atoms with E-state index >= 15 is 0 Å². The molecule has 9 nitrogen and oxygen atoms in total. The number of benzene rings is 3. The number of amides is 2. The molecule has 3 aromatic carbocycles. The van der Waals surface area contributed by atoms with E-state index in [0.717, 1.165) is 50.6 Å². The first kappa shape index (κ1) is 29.6. The molecular formula is C35H37N3O6. The zero-order valence-corrected chi connectivity index (χ0v) is 25.4. The minimum Gasteiger partial charge on any atom is -0.491 e. The molecule has 44 heavy (non-hydrogen) atoms. The number of carbonyl (C=O) groups excluding carboxylic acids is 2. The summed E-state index contributed by atoms with van der Waals surface area (Å²) in [6, 6.07) is 20.0. The van der Waals surface area contributed by atoms with Crippen LogP contribution in [0.2, 0.25) is 0 Å². The monoisotopic (exact) mass is 595 g/mol. The van der Waals surface area contributed by atoms with E-state index in [9.17, 15) is 9.59 Å². The van der Waals surface area contributed by atoms with Crippen molar-refractivity contribution in [2.75, 3.05) is 46.6 Å². The Bertz CT molecular complexity index is 1660. The summed E-state index contributed by atoms with van der Waals surface area (Å²) in [5.41, 5.74) is 7.79. The molecular weight excluding hydrogens is 558 g/mol. The van der Waals surface area contributed by atoms with E-state index in [-0.39, 0.29) is 11.8 Å². The summed E-state index contributed by atoms with van der Waals surface area (Å²) in [6.07, 6.45) is 0.646. The normalized spacial score (nSPS) is 15.4. The van der Waals surface area contributed by atoms with Gasteiger partial charge in [-0.25, -0.2) is 0 Å². The molecule has 228 valence electrons. The minimum absolute atomic E-state index is 0.131. The Kier molecular flexibility index (Phi) is 8.77. The van der Waals surface area contributed by atoms with Crippen molar-refractivity contribution in [2.24, 2.45) is 0 Å². The van der Waals surface area contributed by atoms with Gasteiger partial charge < -0.3 is 28.5 Å². The van der Waals surface area contributed by atoms with Crippen molar-refractivity contribution in [1.29, 1.82) is 0 Å². The van der Waals surface area contributed by atoms with E-state index in [1.807, 2.05) is 50.2 Å². The van der Waals surface area contributed by atoms with E-state index in [1.54, 1.807) is 23.0 Å². The van der Waals surface area contributed by atoms with Crippen molar-refractivity contribution in [3.8, 4) is 16.9 Å². The summed E-state index contributed by atoms with van der Waals surface area (Å²) < 4.78 is 22.7. The Hall–Kier alpha value is -4.47. The molecule has 0 saturated carbocycles. The van der Waals surface area contributed by atoms with E-state index in [0.29, 0.717) is 70.2 Å². The highest BCUT2D eigenvalue weighted by atomic mass is 16.5. The molecule has 0 spiro atoms. The summed E-state index contributed by atoms with van der Waals surface area (Å²) in [5.74, 6) is 1.27. The van der Waals surface area contributed by atoms with Gasteiger partial charge in [0.1, 0.15) is 18.1 Å². The molecule has 0 saturated heterocycles. The number of hydrogen-bond donors (Lipinski definition) is 0. The number of hydrogen-bond acceptors (Lipinski definition) is 7. The quantitative estimate of drug-likeness (QED) is 0.313. The van der Waals surface area contributed by atoms with Crippen molar-refractivity contribution >= 4 is 11.8 Å². The van der Waals surface area contributed by atoms with Gasteiger partial charge in [0.15, 0.2) is 0 Å². The molecule has 0 aliphatic carbocycles. The van der Waals surface area contributed by atoms with Crippen LogP contribution >= 0.6 is 0 Å². The van der Waals surface area contributed by atoms with E-state index < -0.39 is 0 Å². The van der Waals surface area contributed by atoms with Crippen LogP contribution in [0.25, 0.3) is 11.1 Å². The van der Waals surface area contributed by atoms with Crippen LogP contribution in [0.3, 0.4) is 0 Å². The topological polar surface area (TPSA) is 94.3 Å². The van der Waals surface area contributed by atoms with Gasteiger partial charge in [-0.15, -0.1) is 0 Å². The minimum atomic E-state index is -0.185. The van der Waals surface area contributed by atoms with Gasteiger partial charge in [-0.2, -0.15) is 0 Å². The molecule has 4 aromatic rings. The predicted molar refractivity (Wildman–Crippen MR) is 165 cm³/mol. The third-order valence-electron chi connectivity index (χ3n) is 8.23. The molecule has 0 N–H and O–H groups in total. The van der Waals surface area contributed by atoms with Crippen molar-refractivity contribution < 1.29 is 28.3 Å². The Morgan fingerprint density at radius 3 is 2.59 bits per heavy atom. The zero-order chi connectivity index (χ0) is 30.6. The molecule has 0 fully saturated rings. The van der Waals surface area contributed by atoms with Gasteiger partial charge in [-0.05, 0) is 59.9 Å². The highest BCUT2D eigenvalue weighted by molar-refractivity contribution is 6.09. The van der Waals surface area contributed by atoms with Crippen LogP contribution in [-0.2, 0) is 29.0 Å². The Labute approximate surface area is 257 Å². The second kappa shape index (κ2) is 13.0. The fraction of sp³-hybridized carbons (Fsp3) is 0.343. The lowest BCUT2D eigenvalue weighted by Gasteiger charge is -2.25. The van der Waals surface area contributed by atoms with Crippen molar-refractivity contribution in [2.45, 2.75) is 33.4 Å². The highest BCUT2D eigenvalue weighted by Gasteiger charge is 2.33. The maximum absolute atomic E-state index is 14.1. The van der Waals surface area contributed by atoms with Crippen LogP contribution in [0.4, 0.5) is 0 Å². The van der Waals surface area contributed by atoms with Crippen molar-refractivity contribution in [3.05, 3.63) is 105 Å². The molecule has 0 radical (unpaired) electrons. The number of fused-ring (bicyclic) bond motifs is 4. The number of nitrogens with zero attached hydrogens (tertiary/aromatic N) is 3. The smallest absolute Gasteiger partial charge is 0.255 e. The molecule has 0 atom stereocenters. The van der Waals surface area contributed by atoms with Crippen LogP contribution < -0.4 is 4.74 Å². The standard InChI is InChI=1S/C35H37N3O6/c1-23-32(24(2)44-36-23)27-10-11-31-29(20-27)19-25-6-4-7-26(18-25)21-37(13-15-42-16-17-43-31)34(39)30-9-5-8-28-22-38(12-14-41-3)35(40)33(28)30/h4-11,18,20H,12-17,19,21-22H2,1-3H3. The molecule has 0 unspecified atom stereocenters. The lowest BCUT2D eigenvalue weighted by atomic mass is 9.96. The molecule has 6 rings (SSSR count). The van der Waals surface area contributed by atoms with E-state index in [4.69, 9.17) is 18.7 Å². The van der Waals surface area contributed by atoms with Gasteiger partial charge in [0.2, 0.25) is 0 Å². The lowest BCUT2D eigenvalue weighted by Crippen LogP contribution is -2.35. The fourth-order valence-corrected chi connectivity index (χ4v) is 6.08. The summed E-state index contributed by atoms with van der Waals surface area (Å²) in [7, 11) is 1.61. The number of ether oxygens (including phenoxy) is 3. The number of aromatic nitrogens is 1. The summed E-state index contributed by atoms with van der Waals surface area (Å²) in [6.45, 7) is 7.14. The summed E-state index contributed by atoms with van der Waals surface area (Å²) in [4.78, 5) is 30.9. The Morgan fingerprint density at radius 1 is 0.932 bits per heavy atom. The fourth-order valence-electron chi connectivity index (χ4n) is 6.08. The molecule has 2 bridgehead atoms. The third-order valence-corrected chi connectivity index (χ3v) is 8.23. The van der Waals surface area contributed by atoms with E-state index in [2.05, 4.69) is 23.4 Å². The maximum atomic E-state index is 14.1. The lowest BCUT2D eigenvalue weighted by molar-refractivity contribution is 0.0566. The number of methoxy groups -OCH3 is 1. The zero-order valence-electron chi connectivity index (χ0n) is 25.4. The maximum Gasteiger partial charge on any atom is 0.255 e. The summed E-state index contributed by atoms with van der Waals surface area (Å²) in [5, 5.41) is 4.13. The van der Waals surface area contributed by atoms with Gasteiger partial charge >= 0.3 is 0 Å². The van der Waals surface area contributed by atoms with Crippen LogP contribution in [0.5, 0.6) is 5.75 Å². The first-order valence-corrected chi connectivity index (χ1v) is 15.0. The molecule has 3 heterocycles. The molecule has 2 amide bonds. The predicted octanol–water partition coefficient (Wildman–Crippen LogP) is 5.20. The van der Waals surface area contributed by atoms with Crippen LogP contribution in [0.15, 0.2) is 65.2 Å². The molecule has 2 aliphatic heterocycles. The van der Waals surface area contributed by atoms with Gasteiger partial charge in [-0.1, -0.05) is 47.6 Å². The van der Waals surface area contributed by atoms with Crippen LogP contribution in [-0.4, -0.2) is 73.4 Å². The summed E-state index contributed by atoms with van der Waals surface area (Å²) >= 11 is 0. The second-order valence-electron chi connectivity index (χ2n) is 11.3. The molecule has 1 aromatic heterocycles. The number of carbonyl (C=O) groups is 2. The van der Waals surface area contributed by atoms with Crippen molar-refractivity contribution in [1.82, 2.24) is 15.0 Å². The van der Waals surface area contributed by atoms with Gasteiger partial charge in [0.05, 0.1) is 36.6 Å². The molecule has 9 heteroatoms. The molecule has 2 aliphatic rings. The van der Waals surface area contributed by atoms with Crippen LogP contribution in [0, 0.1) is 13.8 Å². The average Bonchev–Trinajstić information content (AvgIpc) is 3.54. The van der Waals surface area contributed by atoms with Gasteiger partial charge in [0, 0.05) is 45.3 Å². The average molecular weight is 596 g/mol. The number of rotatable bonds is 5. The first-order valence-electron chi connectivity index (χ1n) is 15.0. The van der Waals surface area contributed by atoms with Gasteiger partial charge in [0.25, 0.3) is 11.8 Å². The Balaban J connectivity index is 1.29. The largest absolute Gasteiger partial charge is 0.491 e. The van der Waals surface area contributed by atoms with Crippen LogP contribution in [0.1, 0.15) is 54.4 Å².